The van der Waals surface area contributed by atoms with Crippen LogP contribution in [0.2, 0.25) is 0 Å². The van der Waals surface area contributed by atoms with E-state index in [1.807, 2.05) is 13.8 Å². The van der Waals surface area contributed by atoms with Crippen LogP contribution in [0.15, 0.2) is 14.7 Å². The first-order chi connectivity index (χ1) is 14.5. The quantitative estimate of drug-likeness (QED) is 0.554. The number of nitrogens with zero attached hydrogens (tertiary/aromatic N) is 6. The lowest BCUT2D eigenvalue weighted by Gasteiger charge is -2.29. The number of nitrogens with one attached hydrogen (secondary N) is 1. The zero-order chi connectivity index (χ0) is 21.7. The van der Waals surface area contributed by atoms with Crippen molar-refractivity contribution in [1.29, 1.82) is 0 Å². The fourth-order valence-electron chi connectivity index (χ4n) is 3.72. The van der Waals surface area contributed by atoms with Crippen molar-refractivity contribution < 1.29 is 4.79 Å². The summed E-state index contributed by atoms with van der Waals surface area (Å²) in [6.07, 6.45) is 5.13. The maximum Gasteiger partial charge on any atom is 0.330 e. The van der Waals surface area contributed by atoms with Crippen LogP contribution < -0.4 is 21.9 Å². The fourth-order valence-corrected chi connectivity index (χ4v) is 4.52. The van der Waals surface area contributed by atoms with Crippen molar-refractivity contribution in [3.05, 3.63) is 20.8 Å². The Bertz CT molecular complexity index is 992. The van der Waals surface area contributed by atoms with Gasteiger partial charge in [-0.1, -0.05) is 37.9 Å². The number of aromatic amines is 1. The van der Waals surface area contributed by atoms with Gasteiger partial charge in [0.1, 0.15) is 5.82 Å². The van der Waals surface area contributed by atoms with E-state index >= 15 is 0 Å². The number of nitrogen functional groups attached to an aromatic ring is 1. The number of aromatic nitrogens is 6. The summed E-state index contributed by atoms with van der Waals surface area (Å²) >= 11 is 1.22. The van der Waals surface area contributed by atoms with Crippen LogP contribution in [0.5, 0.6) is 0 Å². The van der Waals surface area contributed by atoms with Gasteiger partial charge in [0.2, 0.25) is 11.1 Å². The third-order valence-electron chi connectivity index (χ3n) is 5.27. The molecule has 1 saturated carbocycles. The summed E-state index contributed by atoms with van der Waals surface area (Å²) in [6, 6.07) is -0.124. The smallest absolute Gasteiger partial charge is 0.330 e. The monoisotopic (exact) mass is 436 g/mol. The van der Waals surface area contributed by atoms with Gasteiger partial charge >= 0.3 is 5.69 Å². The number of anilines is 2. The second kappa shape index (κ2) is 9.92. The van der Waals surface area contributed by atoms with E-state index in [0.29, 0.717) is 18.2 Å². The van der Waals surface area contributed by atoms with E-state index in [4.69, 9.17) is 5.73 Å². The van der Waals surface area contributed by atoms with Crippen LogP contribution in [-0.2, 0) is 17.9 Å². The number of thioether (sulfide) groups is 1. The van der Waals surface area contributed by atoms with Gasteiger partial charge in [-0.15, -0.1) is 5.10 Å². The Morgan fingerprint density at radius 2 is 2.03 bits per heavy atom. The van der Waals surface area contributed by atoms with Crippen molar-refractivity contribution in [3.63, 3.8) is 0 Å². The molecule has 0 aliphatic heterocycles. The minimum atomic E-state index is -0.631. The number of H-pyrrole nitrogens is 1. The zero-order valence-electron chi connectivity index (χ0n) is 17.3. The first-order valence-electron chi connectivity index (χ1n) is 10.3. The zero-order valence-corrected chi connectivity index (χ0v) is 18.2. The van der Waals surface area contributed by atoms with E-state index in [0.717, 1.165) is 38.5 Å². The number of tetrazole rings is 1. The van der Waals surface area contributed by atoms with Gasteiger partial charge in [-0.2, -0.15) is 0 Å². The molecule has 3 N–H and O–H groups in total. The van der Waals surface area contributed by atoms with Crippen LogP contribution in [0, 0.1) is 0 Å². The van der Waals surface area contributed by atoms with Crippen LogP contribution in [0.1, 0.15) is 52.4 Å². The molecule has 0 bridgehead atoms. The van der Waals surface area contributed by atoms with E-state index in [-0.39, 0.29) is 29.2 Å². The van der Waals surface area contributed by atoms with Gasteiger partial charge in [-0.25, -0.2) is 9.48 Å². The molecule has 0 spiro atoms. The van der Waals surface area contributed by atoms with E-state index in [1.165, 1.54) is 21.2 Å². The average Bonchev–Trinajstić information content (AvgIpc) is 3.40. The molecule has 2 aromatic heterocycles. The highest BCUT2D eigenvalue weighted by atomic mass is 32.2. The Kier molecular flexibility index (Phi) is 7.29. The lowest BCUT2D eigenvalue weighted by Crippen LogP contribution is -2.46. The Morgan fingerprint density at radius 3 is 2.70 bits per heavy atom. The lowest BCUT2D eigenvalue weighted by molar-refractivity contribution is -0.116. The SMILES string of the molecule is CCCCn1c(N)c(N(C(=O)CSc2nnnn2CC)C2CCCC2)c(=O)[nH]c1=O. The maximum atomic E-state index is 13.3. The fraction of sp³-hybridized carbons (Fsp3) is 0.667. The lowest BCUT2D eigenvalue weighted by atomic mass is 10.2. The molecule has 11 nitrogen and oxygen atoms in total. The Balaban J connectivity index is 1.95. The number of rotatable bonds is 9. The third kappa shape index (κ3) is 4.58. The van der Waals surface area contributed by atoms with Crippen LogP contribution >= 0.6 is 11.8 Å². The number of unbranched alkanes of at least 4 members (excludes halogenated alkanes) is 1. The third-order valence-corrected chi connectivity index (χ3v) is 6.21. The summed E-state index contributed by atoms with van der Waals surface area (Å²) < 4.78 is 2.95. The van der Waals surface area contributed by atoms with E-state index in [9.17, 15) is 14.4 Å². The normalized spacial score (nSPS) is 14.3. The molecule has 30 heavy (non-hydrogen) atoms. The standard InChI is InChI=1S/C18H28N8O3S/c1-3-5-10-24-15(19)14(16(28)20-17(24)29)26(12-8-6-7-9-12)13(27)11-30-18-21-22-23-25(18)4-2/h12H,3-11,19H2,1-2H3,(H,20,28,29). The highest BCUT2D eigenvalue weighted by Crippen LogP contribution is 2.30. The molecule has 0 saturated heterocycles. The number of hydrogen-bond acceptors (Lipinski definition) is 8. The van der Waals surface area contributed by atoms with Gasteiger partial charge in [0.25, 0.3) is 5.56 Å². The molecule has 1 aliphatic rings. The molecular formula is C18H28N8O3S. The van der Waals surface area contributed by atoms with Crippen molar-refractivity contribution in [2.45, 2.75) is 76.7 Å². The Hall–Kier alpha value is -2.63. The molecule has 0 radical (unpaired) electrons. The second-order valence-corrected chi connectivity index (χ2v) is 8.21. The summed E-state index contributed by atoms with van der Waals surface area (Å²) in [5.74, 6) is -0.152. The second-order valence-electron chi connectivity index (χ2n) is 7.27. The van der Waals surface area contributed by atoms with Crippen LogP contribution in [0.25, 0.3) is 0 Å². The number of aryl methyl sites for hydroxylation is 1. The van der Waals surface area contributed by atoms with Gasteiger partial charge in [-0.05, 0) is 36.6 Å². The number of carbonyl (C=O) groups is 1. The number of amides is 1. The highest BCUT2D eigenvalue weighted by molar-refractivity contribution is 7.99. The molecule has 164 valence electrons. The first-order valence-corrected chi connectivity index (χ1v) is 11.3. The molecule has 1 fully saturated rings. The molecule has 2 aromatic rings. The molecule has 1 aliphatic carbocycles. The molecule has 2 heterocycles. The van der Waals surface area contributed by atoms with Crippen LogP contribution in [0.4, 0.5) is 11.5 Å². The minimum absolute atomic E-state index is 0.0424. The van der Waals surface area contributed by atoms with Crippen molar-refractivity contribution in [2.24, 2.45) is 0 Å². The largest absolute Gasteiger partial charge is 0.383 e. The molecule has 0 atom stereocenters. The predicted molar refractivity (Wildman–Crippen MR) is 115 cm³/mol. The van der Waals surface area contributed by atoms with Crippen LogP contribution in [-0.4, -0.2) is 47.5 Å². The van der Waals surface area contributed by atoms with Gasteiger partial charge in [-0.3, -0.25) is 19.1 Å². The topological polar surface area (TPSA) is 145 Å². The summed E-state index contributed by atoms with van der Waals surface area (Å²) in [5.41, 5.74) is 5.16. The van der Waals surface area contributed by atoms with Crippen molar-refractivity contribution in [1.82, 2.24) is 29.8 Å². The van der Waals surface area contributed by atoms with Crippen molar-refractivity contribution >= 4 is 29.2 Å². The van der Waals surface area contributed by atoms with Gasteiger partial charge in [0, 0.05) is 19.1 Å². The summed E-state index contributed by atoms with van der Waals surface area (Å²) in [4.78, 5) is 42.1. The van der Waals surface area contributed by atoms with Crippen molar-refractivity contribution in [3.8, 4) is 0 Å². The Morgan fingerprint density at radius 1 is 1.30 bits per heavy atom. The minimum Gasteiger partial charge on any atom is -0.383 e. The molecule has 1 amide bonds. The summed E-state index contributed by atoms with van der Waals surface area (Å²) in [5, 5.41) is 12.0. The molecule has 0 aromatic carbocycles. The van der Waals surface area contributed by atoms with Crippen LogP contribution in [0.3, 0.4) is 0 Å². The number of hydrogen-bond donors (Lipinski definition) is 2. The van der Waals surface area contributed by atoms with Crippen molar-refractivity contribution in [2.75, 3.05) is 16.4 Å². The van der Waals surface area contributed by atoms with Gasteiger partial charge in [0.15, 0.2) is 5.69 Å². The van der Waals surface area contributed by atoms with E-state index < -0.39 is 11.2 Å². The van der Waals surface area contributed by atoms with Gasteiger partial charge < -0.3 is 10.6 Å². The molecule has 0 unspecified atom stereocenters. The molecular weight excluding hydrogens is 408 g/mol. The van der Waals surface area contributed by atoms with E-state index in [1.54, 1.807) is 4.68 Å². The predicted octanol–water partition coefficient (Wildman–Crippen LogP) is 0.993. The summed E-state index contributed by atoms with van der Waals surface area (Å²) in [7, 11) is 0. The summed E-state index contributed by atoms with van der Waals surface area (Å²) in [6.45, 7) is 4.89. The highest BCUT2D eigenvalue weighted by Gasteiger charge is 2.32. The Labute approximate surface area is 178 Å². The van der Waals surface area contributed by atoms with Gasteiger partial charge in [0.05, 0.1) is 5.75 Å². The maximum absolute atomic E-state index is 13.3. The molecule has 12 heteroatoms. The number of carbonyl (C=O) groups excluding carboxylic acids is 1. The molecule has 3 rings (SSSR count). The number of nitrogens with two attached hydrogens (primary N) is 1. The van der Waals surface area contributed by atoms with E-state index in [2.05, 4.69) is 20.5 Å². The average molecular weight is 437 g/mol. The first kappa shape index (κ1) is 22.1.